The molecule has 0 spiro atoms. The summed E-state index contributed by atoms with van der Waals surface area (Å²) in [5, 5.41) is 6.77. The quantitative estimate of drug-likeness (QED) is 0.401. The number of nitrogens with one attached hydrogen (secondary N) is 2. The van der Waals surface area contributed by atoms with Crippen molar-refractivity contribution in [2.45, 2.75) is 59.5 Å². The first-order valence-corrected chi connectivity index (χ1v) is 7.90. The van der Waals surface area contributed by atoms with E-state index in [0.29, 0.717) is 12.6 Å². The molecule has 1 heterocycles. The van der Waals surface area contributed by atoms with Crippen molar-refractivity contribution in [1.82, 2.24) is 15.6 Å². The minimum absolute atomic E-state index is 0. The molecule has 0 aliphatic heterocycles. The van der Waals surface area contributed by atoms with Crippen LogP contribution in [0.25, 0.3) is 0 Å². The number of hydrogen-bond acceptors (Lipinski definition) is 2. The van der Waals surface area contributed by atoms with Crippen LogP contribution in [0.15, 0.2) is 23.3 Å². The monoisotopic (exact) mass is 418 g/mol. The molecule has 126 valence electrons. The van der Waals surface area contributed by atoms with Crippen molar-refractivity contribution >= 4 is 29.9 Å². The lowest BCUT2D eigenvalue weighted by atomic mass is 10.0. The van der Waals surface area contributed by atoms with Gasteiger partial charge < -0.3 is 10.6 Å². The summed E-state index contributed by atoms with van der Waals surface area (Å²) in [6.45, 7) is 9.53. The van der Waals surface area contributed by atoms with Crippen molar-refractivity contribution in [1.29, 1.82) is 0 Å². The summed E-state index contributed by atoms with van der Waals surface area (Å²) in [6.07, 6.45) is 5.53. The Labute approximate surface area is 152 Å². The van der Waals surface area contributed by atoms with Gasteiger partial charge in [-0.1, -0.05) is 32.8 Å². The Hall–Kier alpha value is -0.850. The van der Waals surface area contributed by atoms with Crippen LogP contribution >= 0.6 is 24.0 Å². The smallest absolute Gasteiger partial charge is 0.191 e. The van der Waals surface area contributed by atoms with Crippen LogP contribution in [-0.4, -0.2) is 24.0 Å². The number of halogens is 1. The zero-order valence-corrected chi connectivity index (χ0v) is 16.8. The minimum Gasteiger partial charge on any atom is -0.354 e. The van der Waals surface area contributed by atoms with E-state index in [1.165, 1.54) is 24.8 Å². The largest absolute Gasteiger partial charge is 0.354 e. The number of nitrogens with zero attached hydrogens (tertiary/aromatic N) is 2. The fraction of sp³-hybridized carbons (Fsp3) is 0.647. The van der Waals surface area contributed by atoms with Crippen LogP contribution in [0, 0.1) is 12.8 Å². The van der Waals surface area contributed by atoms with E-state index in [9.17, 15) is 0 Å². The molecule has 22 heavy (non-hydrogen) atoms. The lowest BCUT2D eigenvalue weighted by Gasteiger charge is -2.18. The van der Waals surface area contributed by atoms with Gasteiger partial charge in [-0.2, -0.15) is 0 Å². The molecule has 0 aliphatic carbocycles. The molecule has 5 heteroatoms. The molecule has 0 radical (unpaired) electrons. The molecule has 1 rings (SSSR count). The number of rotatable bonds is 7. The molecule has 4 nitrogen and oxygen atoms in total. The molecule has 1 unspecified atom stereocenters. The van der Waals surface area contributed by atoms with Crippen molar-refractivity contribution in [2.24, 2.45) is 10.9 Å². The van der Waals surface area contributed by atoms with Crippen LogP contribution in [0.4, 0.5) is 0 Å². The molecule has 0 amide bonds. The molecular weight excluding hydrogens is 387 g/mol. The van der Waals surface area contributed by atoms with Gasteiger partial charge in [0.1, 0.15) is 0 Å². The summed E-state index contributed by atoms with van der Waals surface area (Å²) in [5.41, 5.74) is 2.26. The SMILES string of the molecule is CN=C(NCc1ncccc1C)NC(C)CCCC(C)C.I. The highest BCUT2D eigenvalue weighted by atomic mass is 127. The van der Waals surface area contributed by atoms with E-state index in [2.05, 4.69) is 54.4 Å². The maximum Gasteiger partial charge on any atom is 0.191 e. The zero-order valence-electron chi connectivity index (χ0n) is 14.5. The summed E-state index contributed by atoms with van der Waals surface area (Å²) >= 11 is 0. The highest BCUT2D eigenvalue weighted by Crippen LogP contribution is 2.08. The van der Waals surface area contributed by atoms with Crippen LogP contribution in [0.2, 0.25) is 0 Å². The topological polar surface area (TPSA) is 49.3 Å². The number of aromatic nitrogens is 1. The van der Waals surface area contributed by atoms with Crippen LogP contribution in [0.1, 0.15) is 51.3 Å². The Balaban J connectivity index is 0.00000441. The Bertz CT molecular complexity index is 446. The molecule has 1 aromatic rings. The van der Waals surface area contributed by atoms with E-state index in [1.54, 1.807) is 7.05 Å². The lowest BCUT2D eigenvalue weighted by molar-refractivity contribution is 0.491. The normalized spacial score (nSPS) is 12.7. The summed E-state index contributed by atoms with van der Waals surface area (Å²) < 4.78 is 0. The van der Waals surface area contributed by atoms with Crippen LogP contribution < -0.4 is 10.6 Å². The first-order chi connectivity index (χ1) is 10.0. The number of guanidine groups is 1. The van der Waals surface area contributed by atoms with E-state index in [-0.39, 0.29) is 24.0 Å². The van der Waals surface area contributed by atoms with Crippen molar-refractivity contribution < 1.29 is 0 Å². The Morgan fingerprint density at radius 2 is 2.00 bits per heavy atom. The van der Waals surface area contributed by atoms with E-state index < -0.39 is 0 Å². The molecule has 2 N–H and O–H groups in total. The van der Waals surface area contributed by atoms with Crippen LogP contribution in [0.5, 0.6) is 0 Å². The molecule has 0 saturated carbocycles. The van der Waals surface area contributed by atoms with Crippen molar-refractivity contribution in [2.75, 3.05) is 7.05 Å². The summed E-state index contributed by atoms with van der Waals surface area (Å²) in [6, 6.07) is 4.47. The molecular formula is C17H31IN4. The van der Waals surface area contributed by atoms with Gasteiger partial charge in [-0.15, -0.1) is 24.0 Å². The Morgan fingerprint density at radius 1 is 1.27 bits per heavy atom. The second kappa shape index (κ2) is 11.7. The number of aliphatic imine (C=N–C) groups is 1. The average molecular weight is 418 g/mol. The van der Waals surface area contributed by atoms with Gasteiger partial charge in [-0.05, 0) is 37.8 Å². The predicted octanol–water partition coefficient (Wildman–Crippen LogP) is 3.89. The maximum atomic E-state index is 4.39. The van der Waals surface area contributed by atoms with Gasteiger partial charge in [-0.3, -0.25) is 9.98 Å². The standard InChI is InChI=1S/C17H30N4.HI/c1-13(2)8-6-10-15(4)21-17(18-5)20-12-16-14(3)9-7-11-19-16;/h7,9,11,13,15H,6,8,10,12H2,1-5H3,(H2,18,20,21);1H. The summed E-state index contributed by atoms with van der Waals surface area (Å²) in [5.74, 6) is 1.62. The molecule has 0 bridgehead atoms. The Morgan fingerprint density at radius 3 is 2.59 bits per heavy atom. The molecule has 0 aromatic carbocycles. The van der Waals surface area contributed by atoms with E-state index in [0.717, 1.165) is 17.6 Å². The van der Waals surface area contributed by atoms with Crippen molar-refractivity contribution in [3.63, 3.8) is 0 Å². The second-order valence-electron chi connectivity index (χ2n) is 6.06. The van der Waals surface area contributed by atoms with Crippen LogP contribution in [-0.2, 0) is 6.54 Å². The fourth-order valence-corrected chi connectivity index (χ4v) is 2.20. The number of aryl methyl sites for hydroxylation is 1. The van der Waals surface area contributed by atoms with E-state index in [4.69, 9.17) is 0 Å². The van der Waals surface area contributed by atoms with Gasteiger partial charge in [0.05, 0.1) is 12.2 Å². The number of pyridine rings is 1. The lowest BCUT2D eigenvalue weighted by Crippen LogP contribution is -2.42. The second-order valence-corrected chi connectivity index (χ2v) is 6.06. The van der Waals surface area contributed by atoms with Gasteiger partial charge >= 0.3 is 0 Å². The van der Waals surface area contributed by atoms with Gasteiger partial charge in [0.2, 0.25) is 0 Å². The third kappa shape index (κ3) is 8.56. The highest BCUT2D eigenvalue weighted by molar-refractivity contribution is 14.0. The van der Waals surface area contributed by atoms with Crippen molar-refractivity contribution in [3.8, 4) is 0 Å². The third-order valence-electron chi connectivity index (χ3n) is 3.57. The molecule has 1 aromatic heterocycles. The first kappa shape index (κ1) is 21.1. The molecule has 0 fully saturated rings. The van der Waals surface area contributed by atoms with Crippen LogP contribution in [0.3, 0.4) is 0 Å². The van der Waals surface area contributed by atoms with E-state index in [1.807, 2.05) is 12.3 Å². The van der Waals surface area contributed by atoms with Gasteiger partial charge in [0, 0.05) is 19.3 Å². The van der Waals surface area contributed by atoms with Gasteiger partial charge in [0.15, 0.2) is 5.96 Å². The first-order valence-electron chi connectivity index (χ1n) is 7.90. The minimum atomic E-state index is 0. The zero-order chi connectivity index (χ0) is 15.7. The highest BCUT2D eigenvalue weighted by Gasteiger charge is 2.06. The average Bonchev–Trinajstić information content (AvgIpc) is 2.44. The maximum absolute atomic E-state index is 4.39. The number of hydrogen-bond donors (Lipinski definition) is 2. The van der Waals surface area contributed by atoms with Crippen molar-refractivity contribution in [3.05, 3.63) is 29.6 Å². The molecule has 1 atom stereocenters. The van der Waals surface area contributed by atoms with E-state index >= 15 is 0 Å². The molecule has 0 saturated heterocycles. The third-order valence-corrected chi connectivity index (χ3v) is 3.57. The molecule has 0 aliphatic rings. The summed E-state index contributed by atoms with van der Waals surface area (Å²) in [4.78, 5) is 8.67. The van der Waals surface area contributed by atoms with Gasteiger partial charge in [-0.25, -0.2) is 0 Å². The van der Waals surface area contributed by atoms with Gasteiger partial charge in [0.25, 0.3) is 0 Å². The summed E-state index contributed by atoms with van der Waals surface area (Å²) in [7, 11) is 1.81. The Kier molecular flexibility index (Phi) is 11.2. The predicted molar refractivity (Wildman–Crippen MR) is 106 cm³/mol. The fourth-order valence-electron chi connectivity index (χ4n) is 2.20.